The topological polar surface area (TPSA) is 125 Å². The first-order chi connectivity index (χ1) is 17.0. The van der Waals surface area contributed by atoms with Crippen molar-refractivity contribution in [2.24, 2.45) is 11.8 Å². The van der Waals surface area contributed by atoms with Crippen LogP contribution < -0.4 is 10.6 Å². The molecule has 2 aromatic rings. The summed E-state index contributed by atoms with van der Waals surface area (Å²) < 4.78 is 5.56. The molecule has 0 bridgehead atoms. The van der Waals surface area contributed by atoms with Crippen LogP contribution in [0.15, 0.2) is 48.5 Å². The molecule has 0 heterocycles. The molecule has 2 amide bonds. The summed E-state index contributed by atoms with van der Waals surface area (Å²) in [6.45, 7) is -0.487. The molecule has 0 saturated heterocycles. The fraction of sp³-hybridized carbons (Fsp3) is 0.444. The van der Waals surface area contributed by atoms with Crippen LogP contribution in [0.3, 0.4) is 0 Å². The maximum absolute atomic E-state index is 12.8. The lowest BCUT2D eigenvalue weighted by Crippen LogP contribution is -2.48. The van der Waals surface area contributed by atoms with E-state index in [9.17, 15) is 19.5 Å². The molecule has 35 heavy (non-hydrogen) atoms. The number of nitrogens with one attached hydrogen (secondary N) is 2. The second-order valence-electron chi connectivity index (χ2n) is 9.37. The lowest BCUT2D eigenvalue weighted by Gasteiger charge is -2.22. The van der Waals surface area contributed by atoms with Crippen LogP contribution in [0.25, 0.3) is 11.1 Å². The minimum atomic E-state index is -1.37. The second kappa shape index (κ2) is 11.4. The van der Waals surface area contributed by atoms with Gasteiger partial charge in [-0.05, 0) is 34.6 Å². The van der Waals surface area contributed by atoms with Crippen molar-refractivity contribution in [2.75, 3.05) is 19.8 Å². The minimum absolute atomic E-state index is 0.0385. The van der Waals surface area contributed by atoms with Gasteiger partial charge in [-0.3, -0.25) is 4.79 Å². The number of hydrogen-bond acceptors (Lipinski definition) is 5. The van der Waals surface area contributed by atoms with Crippen LogP contribution in [0.5, 0.6) is 0 Å². The molecule has 2 atom stereocenters. The van der Waals surface area contributed by atoms with Gasteiger partial charge in [0.2, 0.25) is 5.91 Å². The first-order valence-electron chi connectivity index (χ1n) is 12.2. The first-order valence-corrected chi connectivity index (χ1v) is 12.2. The third-order valence-corrected chi connectivity index (χ3v) is 7.10. The number of amides is 2. The summed E-state index contributed by atoms with van der Waals surface area (Å²) >= 11 is 0. The molecule has 4 N–H and O–H groups in total. The zero-order valence-corrected chi connectivity index (χ0v) is 19.6. The summed E-state index contributed by atoms with van der Waals surface area (Å²) in [6, 6.07) is 14.8. The van der Waals surface area contributed by atoms with Crippen molar-refractivity contribution in [3.8, 4) is 11.1 Å². The summed E-state index contributed by atoms with van der Waals surface area (Å²) in [5, 5.41) is 23.5. The fourth-order valence-electron chi connectivity index (χ4n) is 5.26. The van der Waals surface area contributed by atoms with Gasteiger partial charge >= 0.3 is 12.1 Å². The van der Waals surface area contributed by atoms with Crippen LogP contribution >= 0.6 is 0 Å². The number of rotatable bonds is 10. The number of fused-ring (bicyclic) bond motifs is 3. The van der Waals surface area contributed by atoms with E-state index in [2.05, 4.69) is 22.8 Å². The average Bonchev–Trinajstić information content (AvgIpc) is 3.49. The predicted molar refractivity (Wildman–Crippen MR) is 130 cm³/mol. The number of carbonyl (C=O) groups is 3. The Bertz CT molecular complexity index is 1020. The Morgan fingerprint density at radius 3 is 2.14 bits per heavy atom. The third-order valence-electron chi connectivity index (χ3n) is 7.10. The SMILES string of the molecule is O=C(NCC(CC1CCCC1)C(=O)N[C@@H](CO)C(=O)O)OCC1c2ccccc2-c2ccccc21. The van der Waals surface area contributed by atoms with E-state index in [1.54, 1.807) is 0 Å². The Morgan fingerprint density at radius 2 is 1.57 bits per heavy atom. The van der Waals surface area contributed by atoms with Gasteiger partial charge in [-0.15, -0.1) is 0 Å². The number of ether oxygens (including phenoxy) is 1. The highest BCUT2D eigenvalue weighted by atomic mass is 16.5. The van der Waals surface area contributed by atoms with E-state index in [1.807, 2.05) is 36.4 Å². The number of carboxylic acids is 1. The van der Waals surface area contributed by atoms with E-state index >= 15 is 0 Å². The smallest absolute Gasteiger partial charge is 0.407 e. The number of alkyl carbamates (subject to hydrolysis) is 1. The Hall–Kier alpha value is -3.39. The van der Waals surface area contributed by atoms with E-state index in [4.69, 9.17) is 9.84 Å². The highest BCUT2D eigenvalue weighted by Gasteiger charge is 2.31. The number of carbonyl (C=O) groups excluding carboxylic acids is 2. The molecular formula is C27H32N2O6. The van der Waals surface area contributed by atoms with Gasteiger partial charge in [0.15, 0.2) is 0 Å². The Balaban J connectivity index is 1.36. The van der Waals surface area contributed by atoms with Crippen molar-refractivity contribution in [3.05, 3.63) is 59.7 Å². The number of aliphatic hydroxyl groups excluding tert-OH is 1. The van der Waals surface area contributed by atoms with Crippen molar-refractivity contribution in [2.45, 2.75) is 44.1 Å². The van der Waals surface area contributed by atoms with Crippen molar-refractivity contribution in [3.63, 3.8) is 0 Å². The number of benzene rings is 2. The quantitative estimate of drug-likeness (QED) is 0.414. The summed E-state index contributed by atoms with van der Waals surface area (Å²) in [5.41, 5.74) is 4.51. The molecule has 2 aromatic carbocycles. The lowest BCUT2D eigenvalue weighted by molar-refractivity contribution is -0.143. The van der Waals surface area contributed by atoms with Crippen LogP contribution in [0.4, 0.5) is 4.79 Å². The van der Waals surface area contributed by atoms with E-state index < -0.39 is 36.5 Å². The molecule has 0 spiro atoms. The van der Waals surface area contributed by atoms with E-state index in [-0.39, 0.29) is 19.1 Å². The molecule has 0 aliphatic heterocycles. The third kappa shape index (κ3) is 5.82. The Kier molecular flexibility index (Phi) is 8.02. The van der Waals surface area contributed by atoms with Gasteiger partial charge < -0.3 is 25.6 Å². The van der Waals surface area contributed by atoms with Crippen molar-refractivity contribution >= 4 is 18.0 Å². The second-order valence-corrected chi connectivity index (χ2v) is 9.37. The number of aliphatic carboxylic acids is 1. The molecule has 1 saturated carbocycles. The van der Waals surface area contributed by atoms with Crippen LogP contribution in [-0.4, -0.2) is 54.0 Å². The van der Waals surface area contributed by atoms with Gasteiger partial charge in [-0.1, -0.05) is 74.2 Å². The summed E-state index contributed by atoms with van der Waals surface area (Å²) in [5.74, 6) is -2.10. The first kappa shape index (κ1) is 24.7. The molecular weight excluding hydrogens is 448 g/mol. The predicted octanol–water partition coefficient (Wildman–Crippen LogP) is 3.28. The van der Waals surface area contributed by atoms with E-state index in [1.165, 1.54) is 0 Å². The fourth-order valence-corrected chi connectivity index (χ4v) is 5.26. The van der Waals surface area contributed by atoms with Gasteiger partial charge in [0.25, 0.3) is 0 Å². The molecule has 8 nitrogen and oxygen atoms in total. The summed E-state index contributed by atoms with van der Waals surface area (Å²) in [4.78, 5) is 36.6. The number of hydrogen-bond donors (Lipinski definition) is 4. The highest BCUT2D eigenvalue weighted by molar-refractivity contribution is 5.85. The van der Waals surface area contributed by atoms with E-state index in [0.29, 0.717) is 12.3 Å². The average molecular weight is 481 g/mol. The van der Waals surface area contributed by atoms with Gasteiger partial charge in [0, 0.05) is 12.5 Å². The largest absolute Gasteiger partial charge is 0.480 e. The molecule has 8 heteroatoms. The summed E-state index contributed by atoms with van der Waals surface area (Å²) in [7, 11) is 0. The molecule has 2 aliphatic rings. The highest BCUT2D eigenvalue weighted by Crippen LogP contribution is 2.44. The van der Waals surface area contributed by atoms with Crippen molar-refractivity contribution < 1.29 is 29.3 Å². The Morgan fingerprint density at radius 1 is 0.971 bits per heavy atom. The molecule has 1 fully saturated rings. The van der Waals surface area contributed by atoms with Crippen LogP contribution in [0.1, 0.15) is 49.1 Å². The number of aliphatic hydroxyl groups is 1. The maximum Gasteiger partial charge on any atom is 0.407 e. The summed E-state index contributed by atoms with van der Waals surface area (Å²) in [6.07, 6.45) is 4.16. The van der Waals surface area contributed by atoms with Gasteiger partial charge in [0.1, 0.15) is 12.6 Å². The Labute approximate surface area is 204 Å². The molecule has 0 radical (unpaired) electrons. The van der Waals surface area contributed by atoms with Gasteiger partial charge in [0.05, 0.1) is 12.5 Å². The zero-order chi connectivity index (χ0) is 24.8. The lowest BCUT2D eigenvalue weighted by atomic mass is 9.92. The zero-order valence-electron chi connectivity index (χ0n) is 19.6. The molecule has 0 aromatic heterocycles. The number of carboxylic acid groups (broad SMARTS) is 1. The molecule has 186 valence electrons. The van der Waals surface area contributed by atoms with Crippen LogP contribution in [0, 0.1) is 11.8 Å². The normalized spacial score (nSPS) is 16.7. The van der Waals surface area contributed by atoms with Gasteiger partial charge in [-0.2, -0.15) is 0 Å². The minimum Gasteiger partial charge on any atom is -0.480 e. The molecule has 1 unspecified atom stereocenters. The molecule has 4 rings (SSSR count). The van der Waals surface area contributed by atoms with Crippen LogP contribution in [-0.2, 0) is 14.3 Å². The van der Waals surface area contributed by atoms with E-state index in [0.717, 1.165) is 47.9 Å². The van der Waals surface area contributed by atoms with Crippen molar-refractivity contribution in [1.29, 1.82) is 0 Å². The molecule has 2 aliphatic carbocycles. The van der Waals surface area contributed by atoms with Crippen LogP contribution in [0.2, 0.25) is 0 Å². The monoisotopic (exact) mass is 480 g/mol. The van der Waals surface area contributed by atoms with Gasteiger partial charge in [-0.25, -0.2) is 9.59 Å². The standard InChI is InChI=1S/C27H32N2O6/c30-15-24(26(32)33)29-25(31)18(13-17-7-1-2-8-17)14-28-27(34)35-16-23-21-11-5-3-9-19(21)20-10-4-6-12-22(20)23/h3-6,9-12,17-18,23-24,30H,1-2,7-8,13-16H2,(H,28,34)(H,29,31)(H,32,33)/t18?,24-/m0/s1. The maximum atomic E-state index is 12.8. The van der Waals surface area contributed by atoms with Crippen molar-refractivity contribution in [1.82, 2.24) is 10.6 Å².